The Hall–Kier alpha value is -1.39. The zero-order valence-electron chi connectivity index (χ0n) is 8.60. The van der Waals surface area contributed by atoms with Crippen LogP contribution in [0, 0.1) is 5.82 Å². The fraction of sp³-hybridized carbons (Fsp3) is 0.167. The molecule has 0 saturated heterocycles. The van der Waals surface area contributed by atoms with E-state index in [9.17, 15) is 4.39 Å². The lowest BCUT2D eigenvalue weighted by Gasteiger charge is -2.16. The third kappa shape index (κ3) is 2.40. The Bertz CT molecular complexity index is 444. The van der Waals surface area contributed by atoms with E-state index >= 15 is 0 Å². The lowest BCUT2D eigenvalue weighted by molar-refractivity contribution is 0.205. The van der Waals surface area contributed by atoms with Crippen LogP contribution in [0.2, 0.25) is 0 Å². The van der Waals surface area contributed by atoms with Crippen molar-refractivity contribution in [2.75, 3.05) is 6.54 Å². The van der Waals surface area contributed by atoms with Crippen molar-refractivity contribution in [1.82, 2.24) is 0 Å². The van der Waals surface area contributed by atoms with Gasteiger partial charge in [0.05, 0.1) is 0 Å². The maximum atomic E-state index is 13.4. The van der Waals surface area contributed by atoms with E-state index in [1.807, 2.05) is 16.8 Å². The molecule has 0 spiro atoms. The van der Waals surface area contributed by atoms with Crippen LogP contribution >= 0.6 is 11.3 Å². The van der Waals surface area contributed by atoms with Gasteiger partial charge in [0.15, 0.2) is 11.6 Å². The van der Waals surface area contributed by atoms with Crippen LogP contribution in [0.4, 0.5) is 4.39 Å². The van der Waals surface area contributed by atoms with E-state index in [0.717, 1.165) is 5.56 Å². The largest absolute Gasteiger partial charge is 0.481 e. The minimum atomic E-state index is -0.365. The first-order valence-corrected chi connectivity index (χ1v) is 5.89. The van der Waals surface area contributed by atoms with Gasteiger partial charge < -0.3 is 10.5 Å². The van der Waals surface area contributed by atoms with Gasteiger partial charge in [0.25, 0.3) is 0 Å². The van der Waals surface area contributed by atoms with Crippen LogP contribution in [0.15, 0.2) is 41.1 Å². The molecule has 1 atom stereocenters. The molecule has 0 aliphatic carbocycles. The molecule has 0 saturated carbocycles. The third-order valence-electron chi connectivity index (χ3n) is 2.23. The van der Waals surface area contributed by atoms with E-state index < -0.39 is 0 Å². The quantitative estimate of drug-likeness (QED) is 0.887. The molecule has 2 rings (SSSR count). The van der Waals surface area contributed by atoms with Crippen LogP contribution < -0.4 is 10.5 Å². The minimum absolute atomic E-state index is 0.240. The molecule has 2 N–H and O–H groups in total. The Kier molecular flexibility index (Phi) is 3.54. The van der Waals surface area contributed by atoms with Gasteiger partial charge in [-0.3, -0.25) is 0 Å². The lowest BCUT2D eigenvalue weighted by Crippen LogP contribution is -2.18. The van der Waals surface area contributed by atoms with E-state index in [2.05, 4.69) is 0 Å². The van der Waals surface area contributed by atoms with Gasteiger partial charge in [0.1, 0.15) is 6.10 Å². The average molecular weight is 237 g/mol. The average Bonchev–Trinajstić information content (AvgIpc) is 2.81. The monoisotopic (exact) mass is 237 g/mol. The van der Waals surface area contributed by atoms with Gasteiger partial charge in [-0.1, -0.05) is 12.1 Å². The summed E-state index contributed by atoms with van der Waals surface area (Å²) in [6.45, 7) is 0.324. The number of ether oxygens (including phenoxy) is 1. The number of hydrogen-bond acceptors (Lipinski definition) is 3. The van der Waals surface area contributed by atoms with Crippen molar-refractivity contribution in [1.29, 1.82) is 0 Å². The van der Waals surface area contributed by atoms with Gasteiger partial charge in [-0.05, 0) is 29.0 Å². The van der Waals surface area contributed by atoms with Crippen molar-refractivity contribution in [3.05, 3.63) is 52.5 Å². The van der Waals surface area contributed by atoms with Crippen molar-refractivity contribution >= 4 is 11.3 Å². The first-order valence-electron chi connectivity index (χ1n) is 4.94. The molecular formula is C12H12FNOS. The number of nitrogens with two attached hydrogens (primary N) is 1. The normalized spacial score (nSPS) is 12.4. The van der Waals surface area contributed by atoms with Crippen LogP contribution in [0.3, 0.4) is 0 Å². The van der Waals surface area contributed by atoms with Crippen LogP contribution in [0.1, 0.15) is 11.7 Å². The Morgan fingerprint density at radius 2 is 2.12 bits per heavy atom. The summed E-state index contributed by atoms with van der Waals surface area (Å²) in [5.41, 5.74) is 6.60. The summed E-state index contributed by atoms with van der Waals surface area (Å²) in [6, 6.07) is 8.27. The molecule has 16 heavy (non-hydrogen) atoms. The first-order chi connectivity index (χ1) is 7.81. The zero-order valence-corrected chi connectivity index (χ0v) is 9.41. The van der Waals surface area contributed by atoms with Gasteiger partial charge in [0.2, 0.25) is 0 Å². The maximum Gasteiger partial charge on any atom is 0.165 e. The predicted molar refractivity (Wildman–Crippen MR) is 63.1 cm³/mol. The third-order valence-corrected chi connectivity index (χ3v) is 2.94. The van der Waals surface area contributed by atoms with E-state index in [1.54, 1.807) is 29.5 Å². The Morgan fingerprint density at radius 3 is 2.75 bits per heavy atom. The van der Waals surface area contributed by atoms with Crippen LogP contribution in [-0.4, -0.2) is 6.54 Å². The lowest BCUT2D eigenvalue weighted by atomic mass is 10.2. The molecule has 2 aromatic rings. The maximum absolute atomic E-state index is 13.4. The number of hydrogen-bond donors (Lipinski definition) is 1. The summed E-state index contributed by atoms with van der Waals surface area (Å²) in [6.07, 6.45) is -0.289. The van der Waals surface area contributed by atoms with E-state index in [4.69, 9.17) is 10.5 Å². The molecule has 4 heteroatoms. The zero-order chi connectivity index (χ0) is 11.4. The smallest absolute Gasteiger partial charge is 0.165 e. The van der Waals surface area contributed by atoms with E-state index in [-0.39, 0.29) is 17.7 Å². The number of para-hydroxylation sites is 1. The standard InChI is InChI=1S/C12H12FNOS/c13-10-3-1-2-4-11(10)15-12(7-14)9-5-6-16-8-9/h1-6,8,12H,7,14H2. The summed E-state index contributed by atoms with van der Waals surface area (Å²) < 4.78 is 18.9. The molecule has 0 aliphatic heterocycles. The van der Waals surface area contributed by atoms with Gasteiger partial charge in [-0.2, -0.15) is 11.3 Å². The topological polar surface area (TPSA) is 35.2 Å². The summed E-state index contributed by atoms with van der Waals surface area (Å²) in [5, 5.41) is 3.90. The molecule has 0 aliphatic rings. The van der Waals surface area contributed by atoms with Crippen LogP contribution in [0.5, 0.6) is 5.75 Å². The molecule has 2 nitrogen and oxygen atoms in total. The summed E-state index contributed by atoms with van der Waals surface area (Å²) in [4.78, 5) is 0. The van der Waals surface area contributed by atoms with E-state index in [0.29, 0.717) is 6.54 Å². The molecule has 0 radical (unpaired) electrons. The van der Waals surface area contributed by atoms with Gasteiger partial charge in [0, 0.05) is 12.1 Å². The second-order valence-electron chi connectivity index (χ2n) is 3.33. The highest BCUT2D eigenvalue weighted by atomic mass is 32.1. The molecule has 0 bridgehead atoms. The molecule has 1 aromatic carbocycles. The van der Waals surface area contributed by atoms with Gasteiger partial charge in [-0.25, -0.2) is 4.39 Å². The highest BCUT2D eigenvalue weighted by Crippen LogP contribution is 2.24. The van der Waals surface area contributed by atoms with Crippen molar-refractivity contribution in [3.8, 4) is 5.75 Å². The number of rotatable bonds is 4. The van der Waals surface area contributed by atoms with Crippen LogP contribution in [0.25, 0.3) is 0 Å². The Balaban J connectivity index is 2.17. The minimum Gasteiger partial charge on any atom is -0.481 e. The first kappa shape index (κ1) is 11.1. The van der Waals surface area contributed by atoms with Crippen LogP contribution in [-0.2, 0) is 0 Å². The molecule has 1 aromatic heterocycles. The molecule has 1 unspecified atom stereocenters. The molecule has 1 heterocycles. The van der Waals surface area contributed by atoms with Crippen molar-refractivity contribution in [2.45, 2.75) is 6.10 Å². The predicted octanol–water partition coefficient (Wildman–Crippen LogP) is 2.97. The Labute approximate surface area is 97.5 Å². The van der Waals surface area contributed by atoms with Gasteiger partial charge >= 0.3 is 0 Å². The fourth-order valence-corrected chi connectivity index (χ4v) is 2.11. The summed E-state index contributed by atoms with van der Waals surface area (Å²) in [7, 11) is 0. The summed E-state index contributed by atoms with van der Waals surface area (Å²) in [5.74, 6) is -0.125. The molecular weight excluding hydrogens is 225 g/mol. The van der Waals surface area contributed by atoms with E-state index in [1.165, 1.54) is 6.07 Å². The molecule has 0 fully saturated rings. The second-order valence-corrected chi connectivity index (χ2v) is 4.11. The Morgan fingerprint density at radius 1 is 1.31 bits per heavy atom. The highest BCUT2D eigenvalue weighted by Gasteiger charge is 2.13. The number of thiophene rings is 1. The van der Waals surface area contributed by atoms with Crippen molar-refractivity contribution in [3.63, 3.8) is 0 Å². The SMILES string of the molecule is NCC(Oc1ccccc1F)c1ccsc1. The second kappa shape index (κ2) is 5.09. The van der Waals surface area contributed by atoms with Crippen molar-refractivity contribution in [2.24, 2.45) is 5.73 Å². The molecule has 84 valence electrons. The highest BCUT2D eigenvalue weighted by molar-refractivity contribution is 7.07. The summed E-state index contributed by atoms with van der Waals surface area (Å²) >= 11 is 1.57. The fourth-order valence-electron chi connectivity index (χ4n) is 1.40. The van der Waals surface area contributed by atoms with Crippen molar-refractivity contribution < 1.29 is 9.13 Å². The number of halogens is 1. The molecule has 0 amide bonds. The van der Waals surface area contributed by atoms with Gasteiger partial charge in [-0.15, -0.1) is 0 Å². The number of benzene rings is 1.